The number of anilines is 1. The number of sulfonamides is 1. The van der Waals surface area contributed by atoms with Crippen molar-refractivity contribution in [3.63, 3.8) is 0 Å². The molecule has 1 saturated carbocycles. The number of amides is 1. The van der Waals surface area contributed by atoms with Gasteiger partial charge in [0, 0.05) is 12.1 Å². The SMILES string of the molecule is CC(C)C1(CNS(=O)(=O)c2ccc(C(N)=O)cc2N)CC1. The van der Waals surface area contributed by atoms with Crippen molar-refractivity contribution in [2.24, 2.45) is 17.1 Å². The molecule has 0 heterocycles. The maximum Gasteiger partial charge on any atom is 0.248 e. The highest BCUT2D eigenvalue weighted by molar-refractivity contribution is 7.89. The zero-order valence-corrected chi connectivity index (χ0v) is 13.0. The minimum Gasteiger partial charge on any atom is -0.398 e. The Morgan fingerprint density at radius 3 is 2.43 bits per heavy atom. The molecule has 0 spiro atoms. The lowest BCUT2D eigenvalue weighted by molar-refractivity contribution is 0.1000. The van der Waals surface area contributed by atoms with Crippen LogP contribution in [0, 0.1) is 11.3 Å². The highest BCUT2D eigenvalue weighted by Crippen LogP contribution is 2.51. The molecule has 0 unspecified atom stereocenters. The number of nitrogens with one attached hydrogen (secondary N) is 1. The molecule has 0 atom stereocenters. The van der Waals surface area contributed by atoms with Crippen LogP contribution in [-0.4, -0.2) is 20.9 Å². The zero-order chi connectivity index (χ0) is 15.8. The van der Waals surface area contributed by atoms with Crippen LogP contribution in [0.4, 0.5) is 5.69 Å². The third kappa shape index (κ3) is 3.19. The molecule has 6 nitrogen and oxygen atoms in total. The standard InChI is InChI=1S/C14H21N3O3S/c1-9(2)14(5-6-14)8-17-21(19,20)12-4-3-10(13(16)18)7-11(12)15/h3-4,7,9,17H,5-6,8,15H2,1-2H3,(H2,16,18). The lowest BCUT2D eigenvalue weighted by Crippen LogP contribution is -2.33. The van der Waals surface area contributed by atoms with Crippen molar-refractivity contribution in [3.05, 3.63) is 23.8 Å². The van der Waals surface area contributed by atoms with Crippen molar-refractivity contribution in [2.75, 3.05) is 12.3 Å². The fourth-order valence-corrected chi connectivity index (χ4v) is 3.63. The summed E-state index contributed by atoms with van der Waals surface area (Å²) in [7, 11) is -3.69. The van der Waals surface area contributed by atoms with Crippen molar-refractivity contribution < 1.29 is 13.2 Å². The van der Waals surface area contributed by atoms with Crippen LogP contribution in [0.25, 0.3) is 0 Å². The van der Waals surface area contributed by atoms with Crippen molar-refractivity contribution in [1.29, 1.82) is 0 Å². The quantitative estimate of drug-likeness (QED) is 0.682. The van der Waals surface area contributed by atoms with E-state index in [1.165, 1.54) is 18.2 Å². The molecule has 116 valence electrons. The first-order valence-corrected chi connectivity index (χ1v) is 8.35. The number of hydrogen-bond donors (Lipinski definition) is 3. The first-order chi connectivity index (χ1) is 9.68. The Labute approximate surface area is 124 Å². The number of carbonyl (C=O) groups is 1. The third-order valence-electron chi connectivity index (χ3n) is 4.32. The summed E-state index contributed by atoms with van der Waals surface area (Å²) in [5.41, 5.74) is 11.1. The van der Waals surface area contributed by atoms with Gasteiger partial charge in [0.25, 0.3) is 0 Å². The number of nitrogens with two attached hydrogens (primary N) is 2. The molecule has 7 heteroatoms. The molecule has 0 aromatic heterocycles. The average Bonchev–Trinajstić information content (AvgIpc) is 3.17. The van der Waals surface area contributed by atoms with Crippen LogP contribution in [0.5, 0.6) is 0 Å². The minimum atomic E-state index is -3.69. The molecule has 5 N–H and O–H groups in total. The summed E-state index contributed by atoms with van der Waals surface area (Å²) < 4.78 is 27.3. The first-order valence-electron chi connectivity index (χ1n) is 6.87. The highest BCUT2D eigenvalue weighted by Gasteiger charge is 2.45. The van der Waals surface area contributed by atoms with Gasteiger partial charge in [0.05, 0.1) is 5.69 Å². The summed E-state index contributed by atoms with van der Waals surface area (Å²) in [6.45, 7) is 4.60. The van der Waals surface area contributed by atoms with Gasteiger partial charge in [-0.2, -0.15) is 0 Å². The summed E-state index contributed by atoms with van der Waals surface area (Å²) in [5.74, 6) is -0.217. The molecule has 1 aliphatic carbocycles. The molecule has 1 amide bonds. The third-order valence-corrected chi connectivity index (χ3v) is 5.79. The van der Waals surface area contributed by atoms with Crippen molar-refractivity contribution >= 4 is 21.6 Å². The molecule has 1 aromatic rings. The van der Waals surface area contributed by atoms with E-state index in [2.05, 4.69) is 18.6 Å². The maximum atomic E-state index is 12.3. The van der Waals surface area contributed by atoms with Crippen LogP contribution in [0.1, 0.15) is 37.0 Å². The Kier molecular flexibility index (Phi) is 3.99. The van der Waals surface area contributed by atoms with Gasteiger partial charge in [-0.3, -0.25) is 4.79 Å². The lowest BCUT2D eigenvalue weighted by atomic mass is 9.93. The van der Waals surface area contributed by atoms with Gasteiger partial charge in [-0.25, -0.2) is 13.1 Å². The molecular weight excluding hydrogens is 290 g/mol. The summed E-state index contributed by atoms with van der Waals surface area (Å²) in [6.07, 6.45) is 2.06. The van der Waals surface area contributed by atoms with E-state index in [0.29, 0.717) is 12.5 Å². The van der Waals surface area contributed by atoms with Gasteiger partial charge >= 0.3 is 0 Å². The Bertz CT molecular complexity index is 664. The summed E-state index contributed by atoms with van der Waals surface area (Å²) in [6, 6.07) is 3.96. The van der Waals surface area contributed by atoms with E-state index in [0.717, 1.165) is 12.8 Å². The van der Waals surface area contributed by atoms with E-state index in [-0.39, 0.29) is 21.6 Å². The summed E-state index contributed by atoms with van der Waals surface area (Å²) in [5, 5.41) is 0. The van der Waals surface area contributed by atoms with Gasteiger partial charge in [0.1, 0.15) is 4.90 Å². The number of benzene rings is 1. The van der Waals surface area contributed by atoms with Crippen molar-refractivity contribution in [3.8, 4) is 0 Å². The fraction of sp³-hybridized carbons (Fsp3) is 0.500. The van der Waals surface area contributed by atoms with Crippen molar-refractivity contribution in [2.45, 2.75) is 31.6 Å². The monoisotopic (exact) mass is 311 g/mol. The van der Waals surface area contributed by atoms with Gasteiger partial charge in [-0.1, -0.05) is 13.8 Å². The Balaban J connectivity index is 2.18. The second-order valence-corrected chi connectivity index (χ2v) is 7.69. The predicted molar refractivity (Wildman–Crippen MR) is 81.1 cm³/mol. The smallest absolute Gasteiger partial charge is 0.248 e. The van der Waals surface area contributed by atoms with Crippen LogP contribution in [0.2, 0.25) is 0 Å². The molecule has 0 aliphatic heterocycles. The van der Waals surface area contributed by atoms with Crippen LogP contribution < -0.4 is 16.2 Å². The Morgan fingerprint density at radius 2 is 2.00 bits per heavy atom. The molecule has 0 radical (unpaired) electrons. The molecule has 0 saturated heterocycles. The molecule has 21 heavy (non-hydrogen) atoms. The van der Waals surface area contributed by atoms with E-state index in [4.69, 9.17) is 11.5 Å². The molecule has 2 rings (SSSR count). The summed E-state index contributed by atoms with van der Waals surface area (Å²) >= 11 is 0. The number of nitrogen functional groups attached to an aromatic ring is 1. The van der Waals surface area contributed by atoms with Gasteiger partial charge < -0.3 is 11.5 Å². The number of primary amides is 1. The van der Waals surface area contributed by atoms with E-state index < -0.39 is 15.9 Å². The largest absolute Gasteiger partial charge is 0.398 e. The van der Waals surface area contributed by atoms with Gasteiger partial charge in [0.15, 0.2) is 0 Å². The fourth-order valence-electron chi connectivity index (χ4n) is 2.38. The van der Waals surface area contributed by atoms with Crippen LogP contribution in [-0.2, 0) is 10.0 Å². The number of hydrogen-bond acceptors (Lipinski definition) is 4. The van der Waals surface area contributed by atoms with E-state index in [1.807, 2.05) is 0 Å². The Morgan fingerprint density at radius 1 is 1.38 bits per heavy atom. The molecule has 1 aliphatic rings. The first kappa shape index (κ1) is 15.8. The lowest BCUT2D eigenvalue weighted by Gasteiger charge is -2.20. The molecule has 1 aromatic carbocycles. The molecule has 1 fully saturated rings. The van der Waals surface area contributed by atoms with Crippen LogP contribution >= 0.6 is 0 Å². The normalized spacial score (nSPS) is 16.9. The van der Waals surface area contributed by atoms with Gasteiger partial charge in [-0.05, 0) is 42.4 Å². The number of carbonyl (C=O) groups excluding carboxylic acids is 1. The second kappa shape index (κ2) is 5.31. The zero-order valence-electron chi connectivity index (χ0n) is 12.2. The summed E-state index contributed by atoms with van der Waals surface area (Å²) in [4.78, 5) is 11.0. The van der Waals surface area contributed by atoms with E-state index in [1.54, 1.807) is 0 Å². The maximum absolute atomic E-state index is 12.3. The van der Waals surface area contributed by atoms with Gasteiger partial charge in [-0.15, -0.1) is 0 Å². The van der Waals surface area contributed by atoms with Crippen LogP contribution in [0.3, 0.4) is 0 Å². The van der Waals surface area contributed by atoms with Crippen molar-refractivity contribution in [1.82, 2.24) is 4.72 Å². The van der Waals surface area contributed by atoms with Gasteiger partial charge in [0.2, 0.25) is 15.9 Å². The van der Waals surface area contributed by atoms with Crippen LogP contribution in [0.15, 0.2) is 23.1 Å². The average molecular weight is 311 g/mol. The Hall–Kier alpha value is -1.60. The number of rotatable bonds is 6. The highest BCUT2D eigenvalue weighted by atomic mass is 32.2. The molecular formula is C14H21N3O3S. The predicted octanol–water partition coefficient (Wildman–Crippen LogP) is 1.08. The van der Waals surface area contributed by atoms with E-state index >= 15 is 0 Å². The minimum absolute atomic E-state index is 0.0212. The second-order valence-electron chi connectivity index (χ2n) is 5.96. The van der Waals surface area contributed by atoms with E-state index in [9.17, 15) is 13.2 Å². The molecule has 0 bridgehead atoms. The topological polar surface area (TPSA) is 115 Å².